The van der Waals surface area contributed by atoms with Gasteiger partial charge in [0.25, 0.3) is 0 Å². The maximum Gasteiger partial charge on any atom is 0.118 e. The van der Waals surface area contributed by atoms with Gasteiger partial charge in [0, 0.05) is 24.8 Å². The third kappa shape index (κ3) is 2.85. The summed E-state index contributed by atoms with van der Waals surface area (Å²) in [4.78, 5) is 4.26. The Bertz CT molecular complexity index is 557. The quantitative estimate of drug-likeness (QED) is 0.877. The Kier molecular flexibility index (Phi) is 3.74. The van der Waals surface area contributed by atoms with Crippen molar-refractivity contribution in [2.45, 2.75) is 38.4 Å². The van der Waals surface area contributed by atoms with E-state index >= 15 is 0 Å². The van der Waals surface area contributed by atoms with Gasteiger partial charge >= 0.3 is 0 Å². The van der Waals surface area contributed by atoms with Gasteiger partial charge in [0.2, 0.25) is 0 Å². The molecule has 20 heavy (non-hydrogen) atoms. The first kappa shape index (κ1) is 13.2. The smallest absolute Gasteiger partial charge is 0.118 e. The summed E-state index contributed by atoms with van der Waals surface area (Å²) in [7, 11) is 1.69. The molecule has 0 unspecified atom stereocenters. The summed E-state index contributed by atoms with van der Waals surface area (Å²) in [6, 6.07) is 9.21. The van der Waals surface area contributed by atoms with Crippen LogP contribution in [0.4, 0.5) is 0 Å². The highest BCUT2D eigenvalue weighted by atomic mass is 16.5. The Morgan fingerprint density at radius 2 is 2.10 bits per heavy atom. The first-order chi connectivity index (χ1) is 9.78. The van der Waals surface area contributed by atoms with Gasteiger partial charge in [-0.15, -0.1) is 0 Å². The second kappa shape index (κ2) is 5.67. The Hall–Kier alpha value is -1.81. The number of rotatable bonds is 6. The van der Waals surface area contributed by atoms with Crippen LogP contribution in [0.3, 0.4) is 0 Å². The molecule has 0 amide bonds. The Balaban J connectivity index is 1.60. The number of imidazole rings is 1. The fraction of sp³-hybridized carbons (Fsp3) is 0.438. The van der Waals surface area contributed by atoms with Gasteiger partial charge in [-0.05, 0) is 37.5 Å². The van der Waals surface area contributed by atoms with Crippen molar-refractivity contribution >= 4 is 0 Å². The standard InChI is InChI=1S/C16H21N3O/c1-12(13-3-7-16(20-2)8-4-13)18-10-15-9-17-11-19(15)14-5-6-14/h3-4,7-9,11-12,14,18H,5-6,10H2,1-2H3/t12-/m0/s1. The molecule has 0 saturated heterocycles. The topological polar surface area (TPSA) is 39.1 Å². The second-order valence-electron chi connectivity index (χ2n) is 5.40. The molecule has 1 heterocycles. The summed E-state index contributed by atoms with van der Waals surface area (Å²) in [5.41, 5.74) is 2.54. The third-order valence-electron chi connectivity index (χ3n) is 3.89. The Morgan fingerprint density at radius 1 is 1.35 bits per heavy atom. The van der Waals surface area contributed by atoms with E-state index in [9.17, 15) is 0 Å². The molecule has 0 spiro atoms. The average molecular weight is 271 g/mol. The third-order valence-corrected chi connectivity index (χ3v) is 3.89. The van der Waals surface area contributed by atoms with Gasteiger partial charge in [-0.25, -0.2) is 4.98 Å². The molecule has 1 atom stereocenters. The minimum atomic E-state index is 0.309. The van der Waals surface area contributed by atoms with Crippen molar-refractivity contribution in [3.8, 4) is 5.75 Å². The second-order valence-corrected chi connectivity index (χ2v) is 5.40. The van der Waals surface area contributed by atoms with Gasteiger partial charge < -0.3 is 14.6 Å². The highest BCUT2D eigenvalue weighted by molar-refractivity contribution is 5.28. The Labute approximate surface area is 119 Å². The molecule has 4 nitrogen and oxygen atoms in total. The number of benzene rings is 1. The van der Waals surface area contributed by atoms with Crippen LogP contribution in [0.5, 0.6) is 5.75 Å². The van der Waals surface area contributed by atoms with Crippen LogP contribution in [0.25, 0.3) is 0 Å². The first-order valence-corrected chi connectivity index (χ1v) is 7.16. The number of methoxy groups -OCH3 is 1. The number of ether oxygens (including phenoxy) is 1. The molecule has 2 aromatic rings. The van der Waals surface area contributed by atoms with E-state index in [1.165, 1.54) is 24.1 Å². The molecule has 1 N–H and O–H groups in total. The molecule has 1 aliphatic carbocycles. The number of nitrogens with one attached hydrogen (secondary N) is 1. The highest BCUT2D eigenvalue weighted by Crippen LogP contribution is 2.35. The SMILES string of the molecule is COc1ccc([C@H](C)NCc2cncn2C2CC2)cc1. The zero-order chi connectivity index (χ0) is 13.9. The van der Waals surface area contributed by atoms with E-state index in [2.05, 4.69) is 33.9 Å². The van der Waals surface area contributed by atoms with Crippen molar-refractivity contribution in [2.24, 2.45) is 0 Å². The number of nitrogens with zero attached hydrogens (tertiary/aromatic N) is 2. The zero-order valence-corrected chi connectivity index (χ0v) is 12.0. The van der Waals surface area contributed by atoms with Crippen LogP contribution in [0.15, 0.2) is 36.8 Å². The molecule has 4 heteroatoms. The van der Waals surface area contributed by atoms with E-state index in [1.54, 1.807) is 7.11 Å². The number of aromatic nitrogens is 2. The van der Waals surface area contributed by atoms with Crippen LogP contribution >= 0.6 is 0 Å². The number of hydrogen-bond acceptors (Lipinski definition) is 3. The van der Waals surface area contributed by atoms with Gasteiger partial charge in [-0.1, -0.05) is 12.1 Å². The first-order valence-electron chi connectivity index (χ1n) is 7.16. The Morgan fingerprint density at radius 3 is 2.75 bits per heavy atom. The van der Waals surface area contributed by atoms with Crippen molar-refractivity contribution < 1.29 is 4.74 Å². The molecule has 1 aromatic heterocycles. The zero-order valence-electron chi connectivity index (χ0n) is 12.0. The molecule has 1 aromatic carbocycles. The summed E-state index contributed by atoms with van der Waals surface area (Å²) in [5.74, 6) is 0.896. The van der Waals surface area contributed by atoms with E-state index in [-0.39, 0.29) is 0 Å². The largest absolute Gasteiger partial charge is 0.497 e. The van der Waals surface area contributed by atoms with Gasteiger partial charge in [-0.2, -0.15) is 0 Å². The summed E-state index contributed by atoms with van der Waals surface area (Å²) in [6.45, 7) is 3.03. The summed E-state index contributed by atoms with van der Waals surface area (Å²) >= 11 is 0. The summed E-state index contributed by atoms with van der Waals surface area (Å²) in [5, 5.41) is 3.56. The fourth-order valence-corrected chi connectivity index (χ4v) is 2.42. The van der Waals surface area contributed by atoms with Crippen LogP contribution < -0.4 is 10.1 Å². The monoisotopic (exact) mass is 271 g/mol. The van der Waals surface area contributed by atoms with E-state index in [4.69, 9.17) is 4.74 Å². The molecule has 1 saturated carbocycles. The van der Waals surface area contributed by atoms with Crippen LogP contribution in [-0.4, -0.2) is 16.7 Å². The highest BCUT2D eigenvalue weighted by Gasteiger charge is 2.25. The fourth-order valence-electron chi connectivity index (χ4n) is 2.42. The van der Waals surface area contributed by atoms with Crippen molar-refractivity contribution in [2.75, 3.05) is 7.11 Å². The summed E-state index contributed by atoms with van der Waals surface area (Å²) < 4.78 is 7.48. The lowest BCUT2D eigenvalue weighted by Crippen LogP contribution is -2.19. The van der Waals surface area contributed by atoms with E-state index in [0.717, 1.165) is 12.3 Å². The van der Waals surface area contributed by atoms with Gasteiger partial charge in [0.1, 0.15) is 5.75 Å². The van der Waals surface area contributed by atoms with E-state index in [0.29, 0.717) is 12.1 Å². The number of hydrogen-bond donors (Lipinski definition) is 1. The van der Waals surface area contributed by atoms with Crippen molar-refractivity contribution in [1.29, 1.82) is 0 Å². The molecule has 0 radical (unpaired) electrons. The molecular weight excluding hydrogens is 250 g/mol. The molecule has 106 valence electrons. The van der Waals surface area contributed by atoms with E-state index in [1.807, 2.05) is 24.7 Å². The molecule has 1 aliphatic rings. The van der Waals surface area contributed by atoms with Gasteiger partial charge in [0.05, 0.1) is 19.1 Å². The lowest BCUT2D eigenvalue weighted by atomic mass is 10.1. The maximum atomic E-state index is 5.18. The molecule has 0 bridgehead atoms. The summed E-state index contributed by atoms with van der Waals surface area (Å²) in [6.07, 6.45) is 6.49. The van der Waals surface area contributed by atoms with Crippen molar-refractivity contribution in [3.63, 3.8) is 0 Å². The predicted molar refractivity (Wildman–Crippen MR) is 78.7 cm³/mol. The normalized spacial score (nSPS) is 16.1. The molecule has 3 rings (SSSR count). The minimum absolute atomic E-state index is 0.309. The molecule has 1 fully saturated rings. The predicted octanol–water partition coefficient (Wildman–Crippen LogP) is 3.08. The van der Waals surface area contributed by atoms with E-state index < -0.39 is 0 Å². The van der Waals surface area contributed by atoms with Crippen LogP contribution in [0.2, 0.25) is 0 Å². The van der Waals surface area contributed by atoms with Crippen molar-refractivity contribution in [3.05, 3.63) is 48.0 Å². The lowest BCUT2D eigenvalue weighted by molar-refractivity contribution is 0.414. The maximum absolute atomic E-state index is 5.18. The van der Waals surface area contributed by atoms with Crippen molar-refractivity contribution in [1.82, 2.24) is 14.9 Å². The van der Waals surface area contributed by atoms with Gasteiger partial charge in [-0.3, -0.25) is 0 Å². The molecular formula is C16H21N3O. The van der Waals surface area contributed by atoms with Gasteiger partial charge in [0.15, 0.2) is 0 Å². The lowest BCUT2D eigenvalue weighted by Gasteiger charge is -2.15. The van der Waals surface area contributed by atoms with Crippen LogP contribution in [0, 0.1) is 0 Å². The molecule has 0 aliphatic heterocycles. The van der Waals surface area contributed by atoms with Crippen LogP contribution in [-0.2, 0) is 6.54 Å². The van der Waals surface area contributed by atoms with Crippen LogP contribution in [0.1, 0.15) is 43.1 Å². The average Bonchev–Trinajstić information content (AvgIpc) is 3.23. The minimum Gasteiger partial charge on any atom is -0.497 e.